The van der Waals surface area contributed by atoms with E-state index in [4.69, 9.17) is 30.3 Å². The molecule has 234 valence electrons. The van der Waals surface area contributed by atoms with Gasteiger partial charge in [-0.05, 0) is 47.4 Å². The Hall–Kier alpha value is -6.85. The van der Waals surface area contributed by atoms with E-state index in [9.17, 15) is 2.74 Å². The lowest BCUT2D eigenvalue weighted by atomic mass is 10.0. The molecule has 0 aliphatic rings. The first-order chi connectivity index (χ1) is 28.9. The van der Waals surface area contributed by atoms with Gasteiger partial charge in [0.05, 0.1) is 24.7 Å². The first-order valence-corrected chi connectivity index (χ1v) is 15.9. The molecule has 0 spiro atoms. The first kappa shape index (κ1) is 19.8. The number of benzene rings is 7. The summed E-state index contributed by atoms with van der Waals surface area (Å²) in [7, 11) is 0. The molecule has 5 nitrogen and oxygen atoms in total. The molecule has 0 unspecified atom stereocenters. The van der Waals surface area contributed by atoms with Crippen molar-refractivity contribution in [2.45, 2.75) is 0 Å². The molecule has 5 heteroatoms. The summed E-state index contributed by atoms with van der Waals surface area (Å²) in [5.41, 5.74) is 4.10. The number of para-hydroxylation sites is 2. The molecule has 0 aliphatic heterocycles. The number of hydrogen-bond acceptors (Lipinski definition) is 4. The van der Waals surface area contributed by atoms with Crippen LogP contribution < -0.4 is 0 Å². The van der Waals surface area contributed by atoms with Crippen LogP contribution in [-0.2, 0) is 0 Å². The third kappa shape index (κ3) is 4.67. The molecule has 0 bridgehead atoms. The van der Waals surface area contributed by atoms with Crippen LogP contribution in [0.25, 0.3) is 94.7 Å². The molecule has 0 saturated heterocycles. The van der Waals surface area contributed by atoms with E-state index in [0.717, 1.165) is 22.3 Å². The van der Waals surface area contributed by atoms with Crippen molar-refractivity contribution in [3.63, 3.8) is 0 Å². The van der Waals surface area contributed by atoms with E-state index in [0.29, 0.717) is 28.7 Å². The van der Waals surface area contributed by atoms with Gasteiger partial charge in [-0.3, -0.25) is 0 Å². The molecule has 0 radical (unpaired) electrons. The monoisotopic (exact) mass is 650 g/mol. The molecule has 10 rings (SSSR count). The Morgan fingerprint density at radius 1 is 0.440 bits per heavy atom. The molecule has 0 amide bonds. The Morgan fingerprint density at radius 2 is 1.02 bits per heavy atom. The van der Waals surface area contributed by atoms with Crippen LogP contribution in [0, 0.1) is 0 Å². The Bertz CT molecular complexity index is 3430. The third-order valence-electron chi connectivity index (χ3n) is 8.70. The summed E-state index contributed by atoms with van der Waals surface area (Å²) in [6, 6.07) is 29.9. The quantitative estimate of drug-likeness (QED) is 0.186. The summed E-state index contributed by atoms with van der Waals surface area (Å²) in [6.45, 7) is 0. The number of aromatic nitrogens is 4. The molecule has 0 fully saturated rings. The van der Waals surface area contributed by atoms with Crippen LogP contribution in [0.2, 0.25) is 0 Å². The fourth-order valence-electron chi connectivity index (χ4n) is 6.33. The van der Waals surface area contributed by atoms with Crippen LogP contribution in [0.3, 0.4) is 0 Å². The second-order valence-corrected chi connectivity index (χ2v) is 11.7. The van der Waals surface area contributed by atoms with Gasteiger partial charge in [0.25, 0.3) is 0 Å². The highest BCUT2D eigenvalue weighted by atomic mass is 16.3. The second-order valence-electron chi connectivity index (χ2n) is 11.7. The van der Waals surface area contributed by atoms with E-state index in [1.807, 2.05) is 84.9 Å². The van der Waals surface area contributed by atoms with Crippen LogP contribution in [0.15, 0.2) is 174 Å². The van der Waals surface area contributed by atoms with Crippen LogP contribution in [0.4, 0.5) is 0 Å². The summed E-state index contributed by atoms with van der Waals surface area (Å²) >= 11 is 0. The number of hydrogen-bond donors (Lipinski definition) is 0. The topological polar surface area (TPSA) is 56.7 Å². The highest BCUT2D eigenvalue weighted by Gasteiger charge is 2.18. The Labute approximate surface area is 301 Å². The van der Waals surface area contributed by atoms with Gasteiger partial charge in [0.2, 0.25) is 0 Å². The summed E-state index contributed by atoms with van der Waals surface area (Å²) in [6.07, 6.45) is 0. The summed E-state index contributed by atoms with van der Waals surface area (Å²) in [5, 5.41) is -0.140. The van der Waals surface area contributed by atoms with Gasteiger partial charge in [-0.1, -0.05) is 133 Å². The van der Waals surface area contributed by atoms with E-state index in [1.54, 1.807) is 24.3 Å². The van der Waals surface area contributed by atoms with Crippen LogP contribution in [-0.4, -0.2) is 19.5 Å². The maximum Gasteiger partial charge on any atom is 0.164 e. The van der Waals surface area contributed by atoms with Crippen LogP contribution in [0.1, 0.15) is 13.7 Å². The average Bonchev–Trinajstić information content (AvgIpc) is 3.88. The third-order valence-corrected chi connectivity index (χ3v) is 8.70. The zero-order chi connectivity index (χ0) is 41.7. The van der Waals surface area contributed by atoms with E-state index in [1.165, 1.54) is 4.57 Å². The zero-order valence-corrected chi connectivity index (χ0v) is 26.1. The molecule has 50 heavy (non-hydrogen) atoms. The first-order valence-electron chi connectivity index (χ1n) is 20.9. The Kier molecular flexibility index (Phi) is 4.52. The van der Waals surface area contributed by atoms with Crippen molar-refractivity contribution in [1.82, 2.24) is 19.5 Å². The number of nitrogens with zero attached hydrogens (tertiary/aromatic N) is 4. The molecule has 3 heterocycles. The smallest absolute Gasteiger partial charge is 0.164 e. The van der Waals surface area contributed by atoms with Crippen LogP contribution >= 0.6 is 0 Å². The fourth-order valence-corrected chi connectivity index (χ4v) is 6.33. The minimum absolute atomic E-state index is 0.00183. The molecule has 0 aliphatic carbocycles. The van der Waals surface area contributed by atoms with Crippen molar-refractivity contribution in [2.75, 3.05) is 0 Å². The van der Waals surface area contributed by atoms with E-state index in [2.05, 4.69) is 0 Å². The molecule has 0 N–H and O–H groups in total. The van der Waals surface area contributed by atoms with Crippen molar-refractivity contribution >= 4 is 43.7 Å². The lowest BCUT2D eigenvalue weighted by Crippen LogP contribution is -2.01. The van der Waals surface area contributed by atoms with Gasteiger partial charge in [0, 0.05) is 43.9 Å². The Balaban J connectivity index is 1.25. The van der Waals surface area contributed by atoms with Crippen molar-refractivity contribution < 1.29 is 18.1 Å². The molecule has 0 atom stereocenters. The SMILES string of the molecule is [2H]c1c([2H])c([2H])c2c(oc3c([2H])c4c5c([2H])c([2H])c([2H])c([2H])c5n(-c5cccc(-c6nc(-c7ccccc7)nc(-c7ccc(-c8ccccc8)cc7)n6)c5)c4c([2H])c32)c1[2H]. The molecule has 10 aromatic rings. The fraction of sp³-hybridized carbons (Fsp3) is 0. The standard InChI is InChI=1S/C45H28N4O/c1-3-12-29(13-4-1)30-22-24-32(25-23-30)44-46-43(31-14-5-2-6-15-31)47-45(48-44)33-16-11-17-34(26-33)49-39-20-9-7-18-35(39)37-28-42-38(27-40(37)49)36-19-8-10-21-41(36)50-42/h1-28H/i7D,8D,9D,10D,18D,19D,20D,21D,27D,28D. The van der Waals surface area contributed by atoms with E-state index in [-0.39, 0.29) is 55.8 Å². The molecule has 7 aromatic carbocycles. The zero-order valence-electron chi connectivity index (χ0n) is 36.1. The highest BCUT2D eigenvalue weighted by molar-refractivity contribution is 6.17. The van der Waals surface area contributed by atoms with Gasteiger partial charge in [-0.2, -0.15) is 0 Å². The van der Waals surface area contributed by atoms with Crippen molar-refractivity contribution in [3.8, 4) is 51.0 Å². The maximum atomic E-state index is 9.66. The summed E-state index contributed by atoms with van der Waals surface area (Å²) in [4.78, 5) is 14.7. The predicted molar refractivity (Wildman–Crippen MR) is 203 cm³/mol. The van der Waals surface area contributed by atoms with Crippen LogP contribution in [0.5, 0.6) is 0 Å². The predicted octanol–water partition coefficient (Wildman–Crippen LogP) is 11.5. The van der Waals surface area contributed by atoms with Gasteiger partial charge in [-0.15, -0.1) is 0 Å². The van der Waals surface area contributed by atoms with Gasteiger partial charge >= 0.3 is 0 Å². The molecule has 3 aromatic heterocycles. The van der Waals surface area contributed by atoms with Crippen molar-refractivity contribution in [3.05, 3.63) is 170 Å². The van der Waals surface area contributed by atoms with E-state index < -0.39 is 48.3 Å². The summed E-state index contributed by atoms with van der Waals surface area (Å²) < 4.78 is 95.8. The normalized spacial score (nSPS) is 14.4. The molecular formula is C45H28N4O. The van der Waals surface area contributed by atoms with Gasteiger partial charge < -0.3 is 8.98 Å². The second kappa shape index (κ2) is 11.4. The largest absolute Gasteiger partial charge is 0.456 e. The number of furan rings is 1. The minimum Gasteiger partial charge on any atom is -0.456 e. The van der Waals surface area contributed by atoms with Gasteiger partial charge in [0.15, 0.2) is 17.5 Å². The van der Waals surface area contributed by atoms with Crippen molar-refractivity contribution in [2.24, 2.45) is 0 Å². The van der Waals surface area contributed by atoms with Gasteiger partial charge in [0.1, 0.15) is 11.2 Å². The maximum absolute atomic E-state index is 9.66. The average molecular weight is 651 g/mol. The lowest BCUT2D eigenvalue weighted by Gasteiger charge is -2.12. The minimum atomic E-state index is -0.534. The van der Waals surface area contributed by atoms with Gasteiger partial charge in [-0.25, -0.2) is 15.0 Å². The highest BCUT2D eigenvalue weighted by Crippen LogP contribution is 2.39. The number of rotatable bonds is 5. The van der Waals surface area contributed by atoms with Crippen molar-refractivity contribution in [1.29, 1.82) is 0 Å². The lowest BCUT2D eigenvalue weighted by molar-refractivity contribution is 0.669. The molecule has 0 saturated carbocycles. The summed E-state index contributed by atoms with van der Waals surface area (Å²) in [5.74, 6) is 1.15. The van der Waals surface area contributed by atoms with E-state index >= 15 is 0 Å². The number of fused-ring (bicyclic) bond motifs is 6. The molecular weight excluding hydrogens is 613 g/mol. The Morgan fingerprint density at radius 3 is 1.78 bits per heavy atom.